The van der Waals surface area contributed by atoms with Crippen molar-refractivity contribution in [3.8, 4) is 0 Å². The summed E-state index contributed by atoms with van der Waals surface area (Å²) >= 11 is 0. The van der Waals surface area contributed by atoms with Gasteiger partial charge in [0.2, 0.25) is 0 Å². The minimum atomic E-state index is -0.376. The van der Waals surface area contributed by atoms with Crippen molar-refractivity contribution in [2.24, 2.45) is 5.73 Å². The van der Waals surface area contributed by atoms with Crippen LogP contribution in [0.1, 0.15) is 19.8 Å². The van der Waals surface area contributed by atoms with Crippen molar-refractivity contribution < 1.29 is 19.4 Å². The maximum Gasteiger partial charge on any atom is 0.252 e. The van der Waals surface area contributed by atoms with Crippen LogP contribution >= 0.6 is 0 Å². The van der Waals surface area contributed by atoms with Crippen molar-refractivity contribution in [1.82, 2.24) is 4.90 Å². The van der Waals surface area contributed by atoms with Gasteiger partial charge in [-0.25, -0.2) is 0 Å². The van der Waals surface area contributed by atoms with Crippen LogP contribution in [0, 0.1) is 0 Å². The normalized spacial score (nSPS) is 36.9. The van der Waals surface area contributed by atoms with Gasteiger partial charge in [0.1, 0.15) is 6.10 Å². The monoisotopic (exact) mass is 258 g/mol. The van der Waals surface area contributed by atoms with Crippen LogP contribution < -0.4 is 5.73 Å². The van der Waals surface area contributed by atoms with E-state index in [-0.39, 0.29) is 36.9 Å². The van der Waals surface area contributed by atoms with Gasteiger partial charge in [-0.3, -0.25) is 4.79 Å². The van der Waals surface area contributed by atoms with Crippen LogP contribution in [0.15, 0.2) is 0 Å². The number of hydrogen-bond donors (Lipinski definition) is 2. The molecule has 2 aliphatic rings. The number of carbonyl (C=O) groups excluding carboxylic acids is 1. The molecule has 2 rings (SSSR count). The second kappa shape index (κ2) is 5.97. The van der Waals surface area contributed by atoms with Gasteiger partial charge in [-0.15, -0.1) is 0 Å². The number of ether oxygens (including phenoxy) is 2. The van der Waals surface area contributed by atoms with Gasteiger partial charge in [0.05, 0.1) is 31.5 Å². The molecule has 4 atom stereocenters. The molecule has 0 aromatic carbocycles. The summed E-state index contributed by atoms with van der Waals surface area (Å²) in [5, 5.41) is 9.11. The number of aliphatic hydroxyl groups is 1. The molecule has 6 nitrogen and oxygen atoms in total. The minimum absolute atomic E-state index is 0.000185. The number of aliphatic hydroxyl groups excluding tert-OH is 1. The fourth-order valence-electron chi connectivity index (χ4n) is 2.48. The van der Waals surface area contributed by atoms with Gasteiger partial charge in [-0.2, -0.15) is 0 Å². The van der Waals surface area contributed by atoms with Gasteiger partial charge in [0.15, 0.2) is 0 Å². The lowest BCUT2D eigenvalue weighted by Crippen LogP contribution is -2.54. The summed E-state index contributed by atoms with van der Waals surface area (Å²) < 4.78 is 11.0. The van der Waals surface area contributed by atoms with Crippen LogP contribution in [0.5, 0.6) is 0 Å². The molecule has 0 aromatic heterocycles. The lowest BCUT2D eigenvalue weighted by molar-refractivity contribution is -0.157. The zero-order valence-corrected chi connectivity index (χ0v) is 10.7. The molecule has 2 fully saturated rings. The van der Waals surface area contributed by atoms with Crippen molar-refractivity contribution in [3.63, 3.8) is 0 Å². The Morgan fingerprint density at radius 1 is 1.44 bits per heavy atom. The van der Waals surface area contributed by atoms with E-state index in [4.69, 9.17) is 20.3 Å². The van der Waals surface area contributed by atoms with E-state index >= 15 is 0 Å². The van der Waals surface area contributed by atoms with E-state index in [1.807, 2.05) is 6.92 Å². The zero-order chi connectivity index (χ0) is 13.1. The first-order valence-corrected chi connectivity index (χ1v) is 6.54. The maximum absolute atomic E-state index is 12.4. The summed E-state index contributed by atoms with van der Waals surface area (Å²) in [6.45, 7) is 3.24. The van der Waals surface area contributed by atoms with Crippen molar-refractivity contribution in [3.05, 3.63) is 0 Å². The molecule has 104 valence electrons. The maximum atomic E-state index is 12.4. The Labute approximate surface area is 107 Å². The molecule has 0 saturated carbocycles. The highest BCUT2D eigenvalue weighted by Crippen LogP contribution is 2.23. The predicted octanol–water partition coefficient (Wildman–Crippen LogP) is -0.899. The van der Waals surface area contributed by atoms with Crippen LogP contribution in [0.4, 0.5) is 0 Å². The number of rotatable bonds is 3. The van der Waals surface area contributed by atoms with Gasteiger partial charge < -0.3 is 25.2 Å². The molecule has 2 aliphatic heterocycles. The van der Waals surface area contributed by atoms with Gasteiger partial charge in [0, 0.05) is 13.1 Å². The highest BCUT2D eigenvalue weighted by Gasteiger charge is 2.37. The van der Waals surface area contributed by atoms with E-state index in [0.717, 1.165) is 12.8 Å². The first-order chi connectivity index (χ1) is 8.65. The number of nitrogens with two attached hydrogens (primary N) is 1. The lowest BCUT2D eigenvalue weighted by atomic mass is 10.1. The van der Waals surface area contributed by atoms with Crippen LogP contribution in [0.2, 0.25) is 0 Å². The molecule has 0 aromatic rings. The first-order valence-electron chi connectivity index (χ1n) is 6.54. The largest absolute Gasteiger partial charge is 0.394 e. The van der Waals surface area contributed by atoms with E-state index in [1.165, 1.54) is 0 Å². The van der Waals surface area contributed by atoms with Crippen molar-refractivity contribution in [1.29, 1.82) is 0 Å². The standard InChI is InChI=1S/C12H22N2O4/c1-8-7-17-10(6-15)5-14(8)12(16)11-3-2-9(4-13)18-11/h8-11,15H,2-7,13H2,1H3. The quantitative estimate of drug-likeness (QED) is 0.685. The van der Waals surface area contributed by atoms with Gasteiger partial charge in [-0.05, 0) is 19.8 Å². The van der Waals surface area contributed by atoms with E-state index in [2.05, 4.69) is 0 Å². The van der Waals surface area contributed by atoms with Gasteiger partial charge in [0.25, 0.3) is 5.91 Å². The van der Waals surface area contributed by atoms with E-state index in [0.29, 0.717) is 19.7 Å². The fourth-order valence-corrected chi connectivity index (χ4v) is 2.48. The smallest absolute Gasteiger partial charge is 0.252 e. The average molecular weight is 258 g/mol. The summed E-state index contributed by atoms with van der Waals surface area (Å²) in [6.07, 6.45) is 0.920. The highest BCUT2D eigenvalue weighted by molar-refractivity contribution is 5.81. The van der Waals surface area contributed by atoms with E-state index < -0.39 is 0 Å². The summed E-state index contributed by atoms with van der Waals surface area (Å²) in [5.74, 6) is 0.000185. The Bertz CT molecular complexity index is 300. The molecular weight excluding hydrogens is 236 g/mol. The third kappa shape index (κ3) is 2.83. The Morgan fingerprint density at radius 2 is 2.22 bits per heavy atom. The van der Waals surface area contributed by atoms with Crippen molar-refractivity contribution in [2.75, 3.05) is 26.3 Å². The third-order valence-electron chi connectivity index (χ3n) is 3.64. The summed E-state index contributed by atoms with van der Waals surface area (Å²) in [4.78, 5) is 14.1. The molecule has 0 radical (unpaired) electrons. The number of nitrogens with zero attached hydrogens (tertiary/aromatic N) is 1. The Morgan fingerprint density at radius 3 is 2.83 bits per heavy atom. The van der Waals surface area contributed by atoms with Gasteiger partial charge in [-0.1, -0.05) is 0 Å². The molecule has 1 amide bonds. The molecule has 6 heteroatoms. The SMILES string of the molecule is CC1COC(CO)CN1C(=O)C1CCC(CN)O1. The molecule has 18 heavy (non-hydrogen) atoms. The summed E-state index contributed by atoms with van der Waals surface area (Å²) in [6, 6.07) is 0.0285. The number of amides is 1. The molecule has 2 heterocycles. The molecule has 0 spiro atoms. The summed E-state index contributed by atoms with van der Waals surface area (Å²) in [5.41, 5.74) is 5.54. The average Bonchev–Trinajstić information content (AvgIpc) is 2.87. The van der Waals surface area contributed by atoms with Crippen molar-refractivity contribution in [2.45, 2.75) is 44.1 Å². The first kappa shape index (κ1) is 13.7. The molecule has 0 bridgehead atoms. The third-order valence-corrected chi connectivity index (χ3v) is 3.64. The van der Waals surface area contributed by atoms with Crippen LogP contribution in [0.25, 0.3) is 0 Å². The van der Waals surface area contributed by atoms with Crippen LogP contribution in [-0.4, -0.2) is 66.6 Å². The van der Waals surface area contributed by atoms with Gasteiger partial charge >= 0.3 is 0 Å². The molecule has 3 N–H and O–H groups in total. The fraction of sp³-hybridized carbons (Fsp3) is 0.917. The lowest BCUT2D eigenvalue weighted by Gasteiger charge is -2.38. The predicted molar refractivity (Wildman–Crippen MR) is 65.0 cm³/mol. The highest BCUT2D eigenvalue weighted by atomic mass is 16.5. The molecule has 2 saturated heterocycles. The molecular formula is C12H22N2O4. The van der Waals surface area contributed by atoms with E-state index in [9.17, 15) is 4.79 Å². The Kier molecular flexibility index (Phi) is 4.55. The van der Waals surface area contributed by atoms with E-state index in [1.54, 1.807) is 4.90 Å². The summed E-state index contributed by atoms with van der Waals surface area (Å²) in [7, 11) is 0. The second-order valence-corrected chi connectivity index (χ2v) is 5.04. The topological polar surface area (TPSA) is 85.0 Å². The second-order valence-electron chi connectivity index (χ2n) is 5.04. The van der Waals surface area contributed by atoms with Crippen molar-refractivity contribution >= 4 is 5.91 Å². The number of morpholine rings is 1. The molecule has 0 aliphatic carbocycles. The molecule has 4 unspecified atom stereocenters. The Balaban J connectivity index is 1.95. The zero-order valence-electron chi connectivity index (χ0n) is 10.7. The van der Waals surface area contributed by atoms with Crippen LogP contribution in [0.3, 0.4) is 0 Å². The number of hydrogen-bond acceptors (Lipinski definition) is 5. The van der Waals surface area contributed by atoms with Crippen LogP contribution in [-0.2, 0) is 14.3 Å². The minimum Gasteiger partial charge on any atom is -0.394 e. The Hall–Kier alpha value is -0.690. The number of carbonyl (C=O) groups is 1.